The number of hydrogen-bond donors (Lipinski definition) is 0. The molecule has 0 amide bonds. The molecule has 0 saturated carbocycles. The lowest BCUT2D eigenvalue weighted by atomic mass is 10.0. The van der Waals surface area contributed by atoms with E-state index in [2.05, 4.69) is 132 Å². The molecule has 0 aliphatic heterocycles. The van der Waals surface area contributed by atoms with E-state index in [9.17, 15) is 0 Å². The van der Waals surface area contributed by atoms with Gasteiger partial charge < -0.3 is 4.90 Å². The molecule has 0 aliphatic carbocycles. The van der Waals surface area contributed by atoms with Crippen LogP contribution < -0.4 is 4.90 Å². The Morgan fingerprint density at radius 3 is 1.43 bits per heavy atom. The Bertz CT molecular complexity index is 1040. The molecule has 0 atom stereocenters. The lowest BCUT2D eigenvalue weighted by Crippen LogP contribution is -2.12. The molecular weight excluding hydrogens is 406 g/mol. The van der Waals surface area contributed by atoms with E-state index in [1.807, 2.05) is 0 Å². The first-order chi connectivity index (χ1) is 13.6. The zero-order chi connectivity index (χ0) is 19.5. The van der Waals surface area contributed by atoms with Crippen LogP contribution in [0.25, 0.3) is 11.1 Å². The first kappa shape index (κ1) is 18.5. The van der Waals surface area contributed by atoms with Gasteiger partial charge in [-0.3, -0.25) is 0 Å². The third-order valence-corrected chi connectivity index (χ3v) is 5.54. The summed E-state index contributed by atoms with van der Waals surface area (Å²) in [7, 11) is 0. The van der Waals surface area contributed by atoms with Gasteiger partial charge in [-0.05, 0) is 72.5 Å². The Kier molecular flexibility index (Phi) is 5.31. The van der Waals surface area contributed by atoms with Gasteiger partial charge in [0.15, 0.2) is 0 Å². The van der Waals surface area contributed by atoms with Gasteiger partial charge in [0, 0.05) is 21.5 Å². The van der Waals surface area contributed by atoms with Crippen LogP contribution in [0.2, 0.25) is 0 Å². The maximum absolute atomic E-state index is 3.51. The van der Waals surface area contributed by atoms with E-state index >= 15 is 0 Å². The fourth-order valence-electron chi connectivity index (χ4n) is 3.48. The van der Waals surface area contributed by atoms with Crippen molar-refractivity contribution in [2.75, 3.05) is 4.90 Å². The van der Waals surface area contributed by atoms with Gasteiger partial charge >= 0.3 is 0 Å². The minimum atomic E-state index is 1.10. The highest BCUT2D eigenvalue weighted by Crippen LogP contribution is 2.38. The summed E-state index contributed by atoms with van der Waals surface area (Å²) in [6.07, 6.45) is 0. The molecule has 4 rings (SSSR count). The van der Waals surface area contributed by atoms with E-state index < -0.39 is 0 Å². The number of rotatable bonds is 4. The van der Waals surface area contributed by atoms with E-state index in [1.54, 1.807) is 0 Å². The average Bonchev–Trinajstić information content (AvgIpc) is 2.72. The molecule has 4 aromatic carbocycles. The lowest BCUT2D eigenvalue weighted by Gasteiger charge is -2.28. The van der Waals surface area contributed by atoms with Crippen LogP contribution in [0.3, 0.4) is 0 Å². The summed E-state index contributed by atoms with van der Waals surface area (Å²) in [5.74, 6) is 0. The maximum Gasteiger partial charge on any atom is 0.0490 e. The fourth-order valence-corrected chi connectivity index (χ4v) is 3.75. The number of nitrogens with zero attached hydrogens (tertiary/aromatic N) is 1. The molecule has 0 spiro atoms. The quantitative estimate of drug-likeness (QED) is 0.317. The predicted molar refractivity (Wildman–Crippen MR) is 124 cm³/mol. The predicted octanol–water partition coefficient (Wildman–Crippen LogP) is 8.20. The van der Waals surface area contributed by atoms with Crippen LogP contribution in [0.4, 0.5) is 17.1 Å². The van der Waals surface area contributed by atoms with Crippen molar-refractivity contribution in [1.82, 2.24) is 0 Å². The van der Waals surface area contributed by atoms with Gasteiger partial charge in [0.05, 0.1) is 0 Å². The molecule has 2 heteroatoms. The number of halogens is 1. The molecule has 0 N–H and O–H groups in total. The molecule has 0 bridgehead atoms. The first-order valence-electron chi connectivity index (χ1n) is 9.41. The molecule has 1 nitrogen and oxygen atoms in total. The van der Waals surface area contributed by atoms with Gasteiger partial charge in [-0.2, -0.15) is 0 Å². The van der Waals surface area contributed by atoms with Gasteiger partial charge in [0.2, 0.25) is 0 Å². The highest BCUT2D eigenvalue weighted by Gasteiger charge is 2.15. The Morgan fingerprint density at radius 1 is 0.536 bits per heavy atom. The largest absolute Gasteiger partial charge is 0.310 e. The van der Waals surface area contributed by atoms with Crippen molar-refractivity contribution >= 4 is 33.0 Å². The molecule has 0 unspecified atom stereocenters. The SMILES string of the molecule is Cc1ccccc1N(c1ccc(-c2ccc(Br)cc2)cc1)c1ccccc1C. The van der Waals surface area contributed by atoms with E-state index in [0.29, 0.717) is 0 Å². The highest BCUT2D eigenvalue weighted by atomic mass is 79.9. The van der Waals surface area contributed by atoms with Crippen LogP contribution in [-0.4, -0.2) is 0 Å². The summed E-state index contributed by atoms with van der Waals surface area (Å²) in [4.78, 5) is 2.34. The van der Waals surface area contributed by atoms with E-state index in [4.69, 9.17) is 0 Å². The summed E-state index contributed by atoms with van der Waals surface area (Å²) in [5.41, 5.74) is 8.50. The van der Waals surface area contributed by atoms with Gasteiger partial charge in [-0.15, -0.1) is 0 Å². The topological polar surface area (TPSA) is 3.24 Å². The summed E-state index contributed by atoms with van der Waals surface area (Å²) in [6, 6.07) is 34.3. The number of benzene rings is 4. The fraction of sp³-hybridized carbons (Fsp3) is 0.0769. The highest BCUT2D eigenvalue weighted by molar-refractivity contribution is 9.10. The van der Waals surface area contributed by atoms with Gasteiger partial charge in [0.25, 0.3) is 0 Å². The van der Waals surface area contributed by atoms with Gasteiger partial charge in [-0.1, -0.05) is 76.6 Å². The molecule has 28 heavy (non-hydrogen) atoms. The Hall–Kier alpha value is -2.84. The van der Waals surface area contributed by atoms with Crippen molar-refractivity contribution in [3.63, 3.8) is 0 Å². The maximum atomic E-state index is 3.51. The van der Waals surface area contributed by atoms with Crippen molar-refractivity contribution < 1.29 is 0 Å². The van der Waals surface area contributed by atoms with Crippen molar-refractivity contribution in [2.24, 2.45) is 0 Å². The van der Waals surface area contributed by atoms with E-state index in [-0.39, 0.29) is 0 Å². The molecule has 0 aromatic heterocycles. The molecule has 0 aliphatic rings. The van der Waals surface area contributed by atoms with E-state index in [1.165, 1.54) is 33.6 Å². The monoisotopic (exact) mass is 427 g/mol. The number of anilines is 3. The second kappa shape index (κ2) is 8.04. The van der Waals surface area contributed by atoms with Crippen molar-refractivity contribution in [3.8, 4) is 11.1 Å². The number of para-hydroxylation sites is 2. The molecule has 0 heterocycles. The molecule has 138 valence electrons. The minimum absolute atomic E-state index is 1.10. The second-order valence-corrected chi connectivity index (χ2v) is 7.88. The first-order valence-corrected chi connectivity index (χ1v) is 10.2. The van der Waals surface area contributed by atoms with Crippen molar-refractivity contribution in [3.05, 3.63) is 113 Å². The Balaban J connectivity index is 1.80. The normalized spacial score (nSPS) is 10.7. The molecule has 4 aromatic rings. The van der Waals surface area contributed by atoms with Crippen LogP contribution in [0, 0.1) is 13.8 Å². The summed E-state index contributed by atoms with van der Waals surface area (Å²) in [6.45, 7) is 4.33. The van der Waals surface area contributed by atoms with Crippen LogP contribution >= 0.6 is 15.9 Å². The minimum Gasteiger partial charge on any atom is -0.310 e. The molecular formula is C26H22BrN. The van der Waals surface area contributed by atoms with Gasteiger partial charge in [-0.25, -0.2) is 0 Å². The summed E-state index contributed by atoms with van der Waals surface area (Å²) < 4.78 is 1.10. The third kappa shape index (κ3) is 3.74. The number of aryl methyl sites for hydroxylation is 2. The van der Waals surface area contributed by atoms with Crippen LogP contribution in [-0.2, 0) is 0 Å². The third-order valence-electron chi connectivity index (χ3n) is 5.02. The Morgan fingerprint density at radius 2 is 0.964 bits per heavy atom. The van der Waals surface area contributed by atoms with Crippen LogP contribution in [0.1, 0.15) is 11.1 Å². The molecule has 0 fully saturated rings. The zero-order valence-electron chi connectivity index (χ0n) is 16.1. The summed E-state index contributed by atoms with van der Waals surface area (Å²) in [5, 5.41) is 0. The van der Waals surface area contributed by atoms with E-state index in [0.717, 1.165) is 10.2 Å². The molecule has 0 radical (unpaired) electrons. The Labute approximate surface area is 175 Å². The second-order valence-electron chi connectivity index (χ2n) is 6.96. The van der Waals surface area contributed by atoms with Gasteiger partial charge in [0.1, 0.15) is 0 Å². The zero-order valence-corrected chi connectivity index (χ0v) is 17.6. The lowest BCUT2D eigenvalue weighted by molar-refractivity contribution is 1.23. The van der Waals surface area contributed by atoms with Crippen molar-refractivity contribution in [2.45, 2.75) is 13.8 Å². The van der Waals surface area contributed by atoms with Crippen molar-refractivity contribution in [1.29, 1.82) is 0 Å². The molecule has 0 saturated heterocycles. The number of hydrogen-bond acceptors (Lipinski definition) is 1. The average molecular weight is 428 g/mol. The van der Waals surface area contributed by atoms with Crippen LogP contribution in [0.5, 0.6) is 0 Å². The standard InChI is InChI=1S/C26H22BrN/c1-19-7-3-5-9-25(19)28(26-10-6-4-8-20(26)2)24-17-13-22(14-18-24)21-11-15-23(27)16-12-21/h3-18H,1-2H3. The summed E-state index contributed by atoms with van der Waals surface area (Å²) >= 11 is 3.51. The smallest absolute Gasteiger partial charge is 0.0490 e. The van der Waals surface area contributed by atoms with Crippen LogP contribution in [0.15, 0.2) is 102 Å².